The molecule has 0 saturated carbocycles. The summed E-state index contributed by atoms with van der Waals surface area (Å²) >= 11 is 0. The zero-order valence-corrected chi connectivity index (χ0v) is 11.5. The van der Waals surface area contributed by atoms with Crippen molar-refractivity contribution in [3.8, 4) is 0 Å². The van der Waals surface area contributed by atoms with Gasteiger partial charge in [-0.05, 0) is 12.5 Å². The molecule has 2 rings (SSSR count). The Morgan fingerprint density at radius 1 is 1.06 bits per heavy atom. The van der Waals surface area contributed by atoms with Crippen molar-refractivity contribution in [2.24, 2.45) is 0 Å². The first-order chi connectivity index (χ1) is 7.70. The largest absolute Gasteiger partial charge is 0.0910 e. The molecular formula is C15H22Si. The maximum atomic E-state index is 2.64. The molecule has 1 aliphatic heterocycles. The van der Waals surface area contributed by atoms with Gasteiger partial charge >= 0.3 is 0 Å². The highest BCUT2D eigenvalue weighted by Crippen LogP contribution is 2.31. The molecule has 0 nitrogen and oxygen atoms in total. The molecule has 86 valence electrons. The second-order valence-corrected chi connectivity index (χ2v) is 10.0. The molecule has 0 atom stereocenters. The second kappa shape index (κ2) is 5.01. The molecule has 0 radical (unpaired) electrons. The van der Waals surface area contributed by atoms with E-state index in [1.807, 2.05) is 0 Å². The van der Waals surface area contributed by atoms with Crippen LogP contribution in [0.5, 0.6) is 0 Å². The zero-order chi connectivity index (χ0) is 11.4. The van der Waals surface area contributed by atoms with E-state index in [1.54, 1.807) is 0 Å². The lowest BCUT2D eigenvalue weighted by Crippen LogP contribution is -2.30. The van der Waals surface area contributed by atoms with Gasteiger partial charge in [0, 0.05) is 0 Å². The molecule has 1 aromatic carbocycles. The van der Waals surface area contributed by atoms with E-state index < -0.39 is 8.07 Å². The van der Waals surface area contributed by atoms with Crippen LogP contribution >= 0.6 is 0 Å². The fraction of sp³-hybridized carbons (Fsp3) is 0.467. The van der Waals surface area contributed by atoms with Crippen molar-refractivity contribution >= 4 is 13.6 Å². The standard InChI is InChI=1S/C15H22Si/c1-14(15-9-5-3-6-10-15)13-16(2)11-7-4-8-12-16/h3,5-6,9-10,13H,4,7-8,11-12H2,1-2H3. The quantitative estimate of drug-likeness (QED) is 0.634. The van der Waals surface area contributed by atoms with Crippen LogP contribution < -0.4 is 0 Å². The van der Waals surface area contributed by atoms with Gasteiger partial charge in [-0.3, -0.25) is 0 Å². The first-order valence-corrected chi connectivity index (χ1v) is 9.44. The number of allylic oxidation sites excluding steroid dienone is 1. The fourth-order valence-electron chi connectivity index (χ4n) is 2.81. The minimum absolute atomic E-state index is 1.04. The van der Waals surface area contributed by atoms with Crippen LogP contribution in [0.15, 0.2) is 36.0 Å². The van der Waals surface area contributed by atoms with Gasteiger partial charge in [-0.15, -0.1) is 0 Å². The monoisotopic (exact) mass is 230 g/mol. The van der Waals surface area contributed by atoms with Crippen molar-refractivity contribution in [2.45, 2.75) is 44.8 Å². The van der Waals surface area contributed by atoms with Gasteiger partial charge in [0.15, 0.2) is 0 Å². The van der Waals surface area contributed by atoms with E-state index in [9.17, 15) is 0 Å². The second-order valence-electron chi connectivity index (χ2n) is 5.41. The van der Waals surface area contributed by atoms with Crippen LogP contribution in [-0.4, -0.2) is 8.07 Å². The van der Waals surface area contributed by atoms with Crippen molar-refractivity contribution in [3.05, 3.63) is 41.6 Å². The maximum absolute atomic E-state index is 2.64. The molecule has 0 bridgehead atoms. The van der Waals surface area contributed by atoms with E-state index >= 15 is 0 Å². The minimum atomic E-state index is -1.04. The summed E-state index contributed by atoms with van der Waals surface area (Å²) in [5, 5.41) is 0. The highest BCUT2D eigenvalue weighted by Gasteiger charge is 2.26. The van der Waals surface area contributed by atoms with E-state index in [2.05, 4.69) is 49.5 Å². The van der Waals surface area contributed by atoms with Gasteiger partial charge < -0.3 is 0 Å². The van der Waals surface area contributed by atoms with E-state index in [4.69, 9.17) is 0 Å². The molecule has 16 heavy (non-hydrogen) atoms. The molecular weight excluding hydrogens is 208 g/mol. The number of hydrogen-bond donors (Lipinski definition) is 0. The topological polar surface area (TPSA) is 0 Å². The Hall–Kier alpha value is -0.823. The average Bonchev–Trinajstić information content (AvgIpc) is 2.30. The molecule has 0 aromatic heterocycles. The number of rotatable bonds is 2. The fourth-order valence-corrected chi connectivity index (χ4v) is 6.68. The van der Waals surface area contributed by atoms with Gasteiger partial charge in [0.2, 0.25) is 0 Å². The van der Waals surface area contributed by atoms with Crippen LogP contribution in [0.4, 0.5) is 0 Å². The smallest absolute Gasteiger partial charge is 0.0751 e. The third kappa shape index (κ3) is 2.85. The van der Waals surface area contributed by atoms with E-state index in [0.717, 1.165) is 0 Å². The van der Waals surface area contributed by atoms with Crippen molar-refractivity contribution in [3.63, 3.8) is 0 Å². The number of hydrogen-bond acceptors (Lipinski definition) is 0. The highest BCUT2D eigenvalue weighted by atomic mass is 28.3. The summed E-state index contributed by atoms with van der Waals surface area (Å²) in [4.78, 5) is 0. The molecule has 1 heteroatoms. The summed E-state index contributed by atoms with van der Waals surface area (Å²) in [5.74, 6) is 0. The molecule has 0 amide bonds. The van der Waals surface area contributed by atoms with Gasteiger partial charge in [0.05, 0.1) is 8.07 Å². The molecule has 1 aliphatic rings. The summed E-state index contributed by atoms with van der Waals surface area (Å²) < 4.78 is 0. The molecule has 0 aliphatic carbocycles. The Labute approximate surface area is 100 Å². The Morgan fingerprint density at radius 3 is 2.31 bits per heavy atom. The predicted octanol–water partition coefficient (Wildman–Crippen LogP) is 4.89. The Bertz CT molecular complexity index is 358. The first-order valence-electron chi connectivity index (χ1n) is 6.45. The molecule has 0 spiro atoms. The van der Waals surface area contributed by atoms with Gasteiger partial charge in [-0.2, -0.15) is 0 Å². The normalized spacial score (nSPS) is 20.8. The Morgan fingerprint density at radius 2 is 1.69 bits per heavy atom. The van der Waals surface area contributed by atoms with Crippen molar-refractivity contribution in [2.75, 3.05) is 0 Å². The SMILES string of the molecule is CC(=C[Si]1(C)CCCCC1)c1ccccc1. The van der Waals surface area contributed by atoms with E-state index in [1.165, 1.54) is 42.5 Å². The van der Waals surface area contributed by atoms with E-state index in [0.29, 0.717) is 0 Å². The van der Waals surface area contributed by atoms with Crippen LogP contribution in [0.3, 0.4) is 0 Å². The summed E-state index contributed by atoms with van der Waals surface area (Å²) in [6.45, 7) is 4.83. The molecule has 1 fully saturated rings. The van der Waals surface area contributed by atoms with Gasteiger partial charge in [0.1, 0.15) is 0 Å². The highest BCUT2D eigenvalue weighted by molar-refractivity contribution is 6.84. The average molecular weight is 230 g/mol. The maximum Gasteiger partial charge on any atom is 0.0751 e. The third-order valence-corrected chi connectivity index (χ3v) is 7.91. The van der Waals surface area contributed by atoms with Crippen LogP contribution in [0, 0.1) is 0 Å². The van der Waals surface area contributed by atoms with Crippen LogP contribution in [0.2, 0.25) is 18.6 Å². The predicted molar refractivity (Wildman–Crippen MR) is 75.2 cm³/mol. The lowest BCUT2D eigenvalue weighted by atomic mass is 10.1. The zero-order valence-electron chi connectivity index (χ0n) is 10.5. The lowest BCUT2D eigenvalue weighted by Gasteiger charge is -2.29. The molecule has 1 saturated heterocycles. The van der Waals surface area contributed by atoms with E-state index in [-0.39, 0.29) is 0 Å². The van der Waals surface area contributed by atoms with Crippen LogP contribution in [0.25, 0.3) is 5.57 Å². The van der Waals surface area contributed by atoms with Crippen LogP contribution in [-0.2, 0) is 0 Å². The Balaban J connectivity index is 2.17. The first kappa shape index (κ1) is 11.7. The number of benzene rings is 1. The van der Waals surface area contributed by atoms with Crippen LogP contribution in [0.1, 0.15) is 31.7 Å². The van der Waals surface area contributed by atoms with Gasteiger partial charge in [-0.1, -0.05) is 79.5 Å². The lowest BCUT2D eigenvalue weighted by molar-refractivity contribution is 0.716. The molecule has 1 aromatic rings. The van der Waals surface area contributed by atoms with Crippen molar-refractivity contribution < 1.29 is 0 Å². The molecule has 0 unspecified atom stereocenters. The summed E-state index contributed by atoms with van der Waals surface area (Å²) in [7, 11) is -1.04. The van der Waals surface area contributed by atoms with Crippen molar-refractivity contribution in [1.82, 2.24) is 0 Å². The summed E-state index contributed by atoms with van der Waals surface area (Å²) in [6.07, 6.45) is 4.38. The summed E-state index contributed by atoms with van der Waals surface area (Å²) in [5.41, 5.74) is 5.54. The van der Waals surface area contributed by atoms with Crippen molar-refractivity contribution in [1.29, 1.82) is 0 Å². The molecule has 0 N–H and O–H groups in total. The van der Waals surface area contributed by atoms with Gasteiger partial charge in [0.25, 0.3) is 0 Å². The summed E-state index contributed by atoms with van der Waals surface area (Å²) in [6, 6.07) is 13.8. The molecule has 1 heterocycles. The third-order valence-electron chi connectivity index (χ3n) is 3.79. The minimum Gasteiger partial charge on any atom is -0.0910 e. The van der Waals surface area contributed by atoms with Gasteiger partial charge in [-0.25, -0.2) is 0 Å². The Kier molecular flexibility index (Phi) is 3.65.